The lowest BCUT2D eigenvalue weighted by molar-refractivity contribution is 0.599. The normalized spacial score (nSPS) is 11.1. The van der Waals surface area contributed by atoms with E-state index in [0.29, 0.717) is 0 Å². The van der Waals surface area contributed by atoms with Crippen LogP contribution in [-0.4, -0.2) is 3.31 Å². The molecule has 0 aromatic heterocycles. The highest BCUT2D eigenvalue weighted by molar-refractivity contribution is 14.3. The summed E-state index contributed by atoms with van der Waals surface area (Å²) in [5, 5.41) is 1.29. The highest BCUT2D eigenvalue weighted by Crippen LogP contribution is 2.25. The molecule has 0 unspecified atom stereocenters. The van der Waals surface area contributed by atoms with E-state index in [1.54, 1.807) is 0 Å². The summed E-state index contributed by atoms with van der Waals surface area (Å²) in [5.74, 6) is 0.946. The van der Waals surface area contributed by atoms with E-state index in [1.165, 1.54) is 5.19 Å². The van der Waals surface area contributed by atoms with Crippen molar-refractivity contribution in [1.82, 2.24) is 0 Å². The van der Waals surface area contributed by atoms with Gasteiger partial charge in [-0.05, 0) is 17.3 Å². The van der Waals surface area contributed by atoms with Crippen LogP contribution in [0.2, 0.25) is 0 Å². The van der Waals surface area contributed by atoms with Crippen molar-refractivity contribution in [2.75, 3.05) is 0 Å². The molecule has 2 rings (SSSR count). The predicted octanol–water partition coefficient (Wildman–Crippen LogP) is 3.78. The molecule has 4 heteroatoms. The Hall–Kier alpha value is -0.0831. The van der Waals surface area contributed by atoms with Gasteiger partial charge in [-0.1, -0.05) is 92.1 Å². The third-order valence-corrected chi connectivity index (χ3v) is 8.65. The maximum atomic E-state index is 6.10. The highest BCUT2D eigenvalue weighted by Gasteiger charge is 2.32. The zero-order valence-corrected chi connectivity index (χ0v) is 13.8. The molecule has 1 nitrogen and oxygen atoms in total. The molecule has 0 heterocycles. The Morgan fingerprint density at radius 3 is 1.81 bits per heavy atom. The van der Waals surface area contributed by atoms with Crippen LogP contribution in [0.5, 0.6) is 5.75 Å². The van der Waals surface area contributed by atoms with Gasteiger partial charge < -0.3 is 4.43 Å². The van der Waals surface area contributed by atoms with Gasteiger partial charge in [0.15, 0.2) is 0 Å². The molecular weight excluding hydrogens is 442 g/mol. The lowest BCUT2D eigenvalue weighted by Gasteiger charge is -2.20. The highest BCUT2D eigenvalue weighted by atomic mass is 127. The molecular formula is C12H10I2OSi. The fourth-order valence-corrected chi connectivity index (χ4v) is 6.14. The standard InChI is InChI=1S/C12H10I2OSi/c13-16(14,12-9-5-2-6-10-12)15-11-7-3-1-4-8-11/h1-10H. The molecule has 0 bridgehead atoms. The van der Waals surface area contributed by atoms with Gasteiger partial charge in [0.1, 0.15) is 5.75 Å². The lowest BCUT2D eigenvalue weighted by Crippen LogP contribution is -2.41. The molecule has 0 saturated heterocycles. The topological polar surface area (TPSA) is 9.23 Å². The molecule has 0 fully saturated rings. The number of halogens is 2. The first-order chi connectivity index (χ1) is 7.68. The summed E-state index contributed by atoms with van der Waals surface area (Å²) in [6, 6.07) is 20.4. The average Bonchev–Trinajstić information content (AvgIpc) is 2.31. The molecule has 0 amide bonds. The van der Waals surface area contributed by atoms with Gasteiger partial charge in [0, 0.05) is 0 Å². The van der Waals surface area contributed by atoms with Gasteiger partial charge in [-0.15, -0.1) is 0 Å². The molecule has 2 aromatic rings. The number of hydrogen-bond acceptors (Lipinski definition) is 1. The Labute approximate surface area is 122 Å². The first kappa shape index (κ1) is 12.4. The predicted molar refractivity (Wildman–Crippen MR) is 86.9 cm³/mol. The smallest absolute Gasteiger partial charge is 0.415 e. The minimum absolute atomic E-state index is 0.946. The van der Waals surface area contributed by atoms with E-state index in [1.807, 2.05) is 36.4 Å². The van der Waals surface area contributed by atoms with Crippen LogP contribution in [0.1, 0.15) is 0 Å². The van der Waals surface area contributed by atoms with Gasteiger partial charge in [0.2, 0.25) is 0 Å². The maximum absolute atomic E-state index is 6.10. The minimum Gasteiger partial charge on any atom is -0.523 e. The Morgan fingerprint density at radius 2 is 1.25 bits per heavy atom. The van der Waals surface area contributed by atoms with Gasteiger partial charge in [-0.2, -0.15) is 0 Å². The van der Waals surface area contributed by atoms with Gasteiger partial charge in [-0.25, -0.2) is 0 Å². The second-order valence-corrected chi connectivity index (χ2v) is 20.4. The maximum Gasteiger partial charge on any atom is 0.415 e. The molecule has 2 aromatic carbocycles. The van der Waals surface area contributed by atoms with Crippen molar-refractivity contribution in [2.24, 2.45) is 0 Å². The Kier molecular flexibility index (Phi) is 4.26. The fourth-order valence-electron chi connectivity index (χ4n) is 1.33. The molecule has 0 aliphatic rings. The summed E-state index contributed by atoms with van der Waals surface area (Å²) in [6.45, 7) is 0. The lowest BCUT2D eigenvalue weighted by atomic mass is 10.3. The third-order valence-electron chi connectivity index (χ3n) is 2.10. The number of hydrogen-bond donors (Lipinski definition) is 0. The summed E-state index contributed by atoms with van der Waals surface area (Å²) < 4.78 is 4.22. The van der Waals surface area contributed by atoms with Crippen molar-refractivity contribution in [2.45, 2.75) is 0 Å². The van der Waals surface area contributed by atoms with E-state index in [2.05, 4.69) is 67.9 Å². The van der Waals surface area contributed by atoms with Gasteiger partial charge in [-0.3, -0.25) is 0 Å². The van der Waals surface area contributed by atoms with Gasteiger partial charge in [0.25, 0.3) is 0 Å². The molecule has 0 spiro atoms. The molecule has 0 saturated carbocycles. The monoisotopic (exact) mass is 452 g/mol. The minimum atomic E-state index is -1.88. The van der Waals surface area contributed by atoms with Crippen molar-refractivity contribution in [3.8, 4) is 5.75 Å². The van der Waals surface area contributed by atoms with E-state index in [4.69, 9.17) is 4.43 Å². The SMILES string of the molecule is I[Si](I)(Oc1ccccc1)c1ccccc1. The molecule has 16 heavy (non-hydrogen) atoms. The van der Waals surface area contributed by atoms with Crippen LogP contribution in [-0.2, 0) is 0 Å². The molecule has 82 valence electrons. The van der Waals surface area contributed by atoms with E-state index >= 15 is 0 Å². The van der Waals surface area contributed by atoms with Crippen LogP contribution in [0.3, 0.4) is 0 Å². The zero-order chi connectivity index (χ0) is 11.4. The summed E-state index contributed by atoms with van der Waals surface area (Å²) in [7, 11) is 0. The van der Waals surface area contributed by atoms with Gasteiger partial charge in [0.05, 0.1) is 0 Å². The Balaban J connectivity index is 2.21. The van der Waals surface area contributed by atoms with E-state index < -0.39 is 3.31 Å². The quantitative estimate of drug-likeness (QED) is 0.392. The van der Waals surface area contributed by atoms with Crippen LogP contribution in [0.15, 0.2) is 60.7 Å². The van der Waals surface area contributed by atoms with Crippen molar-refractivity contribution < 1.29 is 4.43 Å². The molecule has 0 aliphatic carbocycles. The van der Waals surface area contributed by atoms with Crippen molar-refractivity contribution in [3.05, 3.63) is 60.7 Å². The van der Waals surface area contributed by atoms with Crippen molar-refractivity contribution in [1.29, 1.82) is 0 Å². The molecule has 0 atom stereocenters. The average molecular weight is 452 g/mol. The summed E-state index contributed by atoms with van der Waals surface area (Å²) in [4.78, 5) is 0. The van der Waals surface area contributed by atoms with Gasteiger partial charge >= 0.3 is 3.31 Å². The first-order valence-electron chi connectivity index (χ1n) is 4.86. The first-order valence-corrected chi connectivity index (χ1v) is 13.0. The largest absolute Gasteiger partial charge is 0.523 e. The van der Waals surface area contributed by atoms with Crippen LogP contribution in [0, 0.1) is 0 Å². The number of benzene rings is 2. The van der Waals surface area contributed by atoms with E-state index in [-0.39, 0.29) is 0 Å². The molecule has 0 radical (unpaired) electrons. The van der Waals surface area contributed by atoms with E-state index in [9.17, 15) is 0 Å². The van der Waals surface area contributed by atoms with E-state index in [0.717, 1.165) is 5.75 Å². The fraction of sp³-hybridized carbons (Fsp3) is 0. The second kappa shape index (κ2) is 5.50. The van der Waals surface area contributed by atoms with Crippen LogP contribution >= 0.6 is 43.6 Å². The third kappa shape index (κ3) is 3.20. The Morgan fingerprint density at radius 1 is 0.750 bits per heavy atom. The van der Waals surface area contributed by atoms with Crippen LogP contribution in [0.4, 0.5) is 0 Å². The van der Waals surface area contributed by atoms with Crippen LogP contribution < -0.4 is 9.61 Å². The number of para-hydroxylation sites is 1. The van der Waals surface area contributed by atoms with Crippen molar-refractivity contribution in [3.63, 3.8) is 0 Å². The van der Waals surface area contributed by atoms with Crippen molar-refractivity contribution >= 4 is 52.1 Å². The molecule has 0 aliphatic heterocycles. The van der Waals surface area contributed by atoms with Crippen LogP contribution in [0.25, 0.3) is 0 Å². The number of rotatable bonds is 3. The second-order valence-electron chi connectivity index (χ2n) is 3.30. The summed E-state index contributed by atoms with van der Waals surface area (Å²) >= 11 is 4.90. The summed E-state index contributed by atoms with van der Waals surface area (Å²) in [5.41, 5.74) is 0. The zero-order valence-electron chi connectivity index (χ0n) is 8.44. The Bertz CT molecular complexity index is 445. The summed E-state index contributed by atoms with van der Waals surface area (Å²) in [6.07, 6.45) is 0. The molecule has 0 N–H and O–H groups in total.